The Morgan fingerprint density at radius 1 is 1.21 bits per heavy atom. The Labute approximate surface area is 115 Å². The quantitative estimate of drug-likeness (QED) is 0.353. The summed E-state index contributed by atoms with van der Waals surface area (Å²) in [6.45, 7) is 0. The molecule has 1 aliphatic carbocycles. The molecule has 1 aromatic carbocycles. The third-order valence-corrected chi connectivity index (χ3v) is 4.25. The van der Waals surface area contributed by atoms with Crippen molar-refractivity contribution in [3.05, 3.63) is 77.7 Å². The predicted octanol–water partition coefficient (Wildman–Crippen LogP) is 4.07. The van der Waals surface area contributed by atoms with Gasteiger partial charge in [0.05, 0.1) is 11.2 Å². The highest BCUT2D eigenvalue weighted by Gasteiger charge is 2.10. The van der Waals surface area contributed by atoms with Gasteiger partial charge in [0.15, 0.2) is 16.7 Å². The van der Waals surface area contributed by atoms with Gasteiger partial charge >= 0.3 is 4.83 Å². The van der Waals surface area contributed by atoms with Crippen LogP contribution < -0.4 is 4.40 Å². The number of hydrogen-bond donors (Lipinski definition) is 0. The van der Waals surface area contributed by atoms with Crippen molar-refractivity contribution < 1.29 is 4.40 Å². The fourth-order valence-electron chi connectivity index (χ4n) is 2.47. The zero-order valence-electron chi connectivity index (χ0n) is 10.3. The molecule has 0 saturated carbocycles. The van der Waals surface area contributed by atoms with Crippen LogP contribution in [0.3, 0.4) is 0 Å². The predicted molar refractivity (Wildman–Crippen MR) is 81.1 cm³/mol. The Hall–Kier alpha value is -2.19. The molecular formula is C17H12NS-. The topological polar surface area (TPSA) is 4.10 Å². The third-order valence-electron chi connectivity index (χ3n) is 3.35. The largest absolute Gasteiger partial charge is 0.350 e. The molecule has 2 aromatic heterocycles. The maximum atomic E-state index is 2.33. The lowest BCUT2D eigenvalue weighted by molar-refractivity contribution is -0.477. The maximum Gasteiger partial charge on any atom is 0.305 e. The van der Waals surface area contributed by atoms with Crippen molar-refractivity contribution in [3.8, 4) is 0 Å². The van der Waals surface area contributed by atoms with E-state index in [2.05, 4.69) is 70.8 Å². The van der Waals surface area contributed by atoms with E-state index in [1.54, 1.807) is 11.3 Å². The zero-order valence-corrected chi connectivity index (χ0v) is 11.1. The Morgan fingerprint density at radius 2 is 2.16 bits per heavy atom. The lowest BCUT2D eigenvalue weighted by Crippen LogP contribution is -2.19. The first-order valence-electron chi connectivity index (χ1n) is 6.29. The van der Waals surface area contributed by atoms with Crippen LogP contribution in [0.15, 0.2) is 65.6 Å². The highest BCUT2D eigenvalue weighted by atomic mass is 32.1. The molecule has 2 heterocycles. The van der Waals surface area contributed by atoms with E-state index in [-0.39, 0.29) is 0 Å². The number of thiazole rings is 1. The molecule has 4 rings (SSSR count). The minimum Gasteiger partial charge on any atom is -0.350 e. The number of hydrogen-bond acceptors (Lipinski definition) is 0. The number of rotatable bonds is 1. The van der Waals surface area contributed by atoms with E-state index < -0.39 is 0 Å². The van der Waals surface area contributed by atoms with Crippen LogP contribution in [0.5, 0.6) is 0 Å². The number of nitrogens with zero attached hydrogens (tertiary/aromatic N) is 1. The average molecular weight is 262 g/mol. The zero-order chi connectivity index (χ0) is 12.7. The van der Waals surface area contributed by atoms with Crippen molar-refractivity contribution >= 4 is 33.1 Å². The molecule has 19 heavy (non-hydrogen) atoms. The van der Waals surface area contributed by atoms with Crippen LogP contribution in [0.1, 0.15) is 5.69 Å². The number of benzene rings is 1. The number of allylic oxidation sites excluding steroid dienone is 5. The van der Waals surface area contributed by atoms with Crippen LogP contribution >= 0.6 is 11.3 Å². The second-order valence-electron chi connectivity index (χ2n) is 4.59. The van der Waals surface area contributed by atoms with Gasteiger partial charge in [0, 0.05) is 0 Å². The van der Waals surface area contributed by atoms with Crippen LogP contribution in [0, 0.1) is 6.42 Å². The molecule has 0 saturated heterocycles. The van der Waals surface area contributed by atoms with Gasteiger partial charge in [-0.3, -0.25) is 5.57 Å². The first-order valence-corrected chi connectivity index (χ1v) is 7.17. The van der Waals surface area contributed by atoms with Gasteiger partial charge in [-0.1, -0.05) is 24.3 Å². The minimum absolute atomic E-state index is 1.24. The van der Waals surface area contributed by atoms with E-state index >= 15 is 0 Å². The van der Waals surface area contributed by atoms with Crippen LogP contribution in [-0.2, 0) is 0 Å². The summed E-state index contributed by atoms with van der Waals surface area (Å²) in [4.78, 5) is 1.29. The van der Waals surface area contributed by atoms with Crippen molar-refractivity contribution in [3.63, 3.8) is 0 Å². The molecule has 1 nitrogen and oxygen atoms in total. The summed E-state index contributed by atoms with van der Waals surface area (Å²) >= 11 is 1.79. The summed E-state index contributed by atoms with van der Waals surface area (Å²) in [6.07, 6.45) is 12.7. The van der Waals surface area contributed by atoms with Crippen molar-refractivity contribution in [2.45, 2.75) is 0 Å². The molecule has 0 amide bonds. The highest BCUT2D eigenvalue weighted by molar-refractivity contribution is 7.15. The van der Waals surface area contributed by atoms with E-state index in [0.717, 1.165) is 0 Å². The Kier molecular flexibility index (Phi) is 2.35. The summed E-state index contributed by atoms with van der Waals surface area (Å²) in [5, 5.41) is 3.52. The molecule has 0 spiro atoms. The molecule has 0 unspecified atom stereocenters. The van der Waals surface area contributed by atoms with Crippen molar-refractivity contribution in [2.75, 3.05) is 0 Å². The Bertz CT molecular complexity index is 843. The molecule has 0 radical (unpaired) electrons. The smallest absolute Gasteiger partial charge is 0.305 e. The number of fused-ring (bicyclic) bond motifs is 3. The van der Waals surface area contributed by atoms with Crippen molar-refractivity contribution in [1.82, 2.24) is 0 Å². The summed E-state index contributed by atoms with van der Waals surface area (Å²) in [5.74, 6) is 0. The van der Waals surface area contributed by atoms with E-state index in [1.807, 2.05) is 6.08 Å². The Morgan fingerprint density at radius 3 is 3.05 bits per heavy atom. The van der Waals surface area contributed by atoms with E-state index in [1.165, 1.54) is 27.0 Å². The second-order valence-corrected chi connectivity index (χ2v) is 5.48. The van der Waals surface area contributed by atoms with Gasteiger partial charge in [-0.25, -0.2) is 18.6 Å². The van der Waals surface area contributed by atoms with Gasteiger partial charge in [-0.05, 0) is 11.5 Å². The molecule has 1 aliphatic rings. The summed E-state index contributed by atoms with van der Waals surface area (Å²) < 4.78 is 2.33. The molecule has 0 fully saturated rings. The Balaban J connectivity index is 1.95. The van der Waals surface area contributed by atoms with Crippen LogP contribution in [0.2, 0.25) is 0 Å². The van der Waals surface area contributed by atoms with E-state index in [4.69, 9.17) is 0 Å². The summed E-state index contributed by atoms with van der Waals surface area (Å²) in [6, 6.07) is 10.8. The lowest BCUT2D eigenvalue weighted by Gasteiger charge is -2.17. The second kappa shape index (κ2) is 4.18. The molecule has 0 N–H and O–H groups in total. The van der Waals surface area contributed by atoms with Gasteiger partial charge < -0.3 is 4.40 Å². The van der Waals surface area contributed by atoms with E-state index in [9.17, 15) is 0 Å². The highest BCUT2D eigenvalue weighted by Crippen LogP contribution is 2.22. The van der Waals surface area contributed by atoms with Crippen LogP contribution in [0.4, 0.5) is 0 Å². The van der Waals surface area contributed by atoms with Crippen molar-refractivity contribution in [2.24, 2.45) is 0 Å². The maximum absolute atomic E-state index is 2.33. The number of aromatic nitrogens is 1. The van der Waals surface area contributed by atoms with Gasteiger partial charge in [0.2, 0.25) is 0 Å². The normalized spacial score (nSPS) is 16.5. The van der Waals surface area contributed by atoms with Gasteiger partial charge in [-0.2, -0.15) is 12.2 Å². The molecule has 92 valence electrons. The first-order chi connectivity index (χ1) is 9.42. The summed E-state index contributed by atoms with van der Waals surface area (Å²) in [5.41, 5.74) is 3.76. The SMILES string of the molecule is C1=C[CH-]/C(=C\[c-]2c[s+][c-]3cc4ccccc4[n+]23)C=C1. The molecule has 0 aliphatic heterocycles. The lowest BCUT2D eigenvalue weighted by atomic mass is 10.1. The number of para-hydroxylation sites is 1. The van der Waals surface area contributed by atoms with Gasteiger partial charge in [0.25, 0.3) is 0 Å². The third kappa shape index (κ3) is 1.72. The molecule has 2 heteroatoms. The van der Waals surface area contributed by atoms with Crippen molar-refractivity contribution in [1.29, 1.82) is 0 Å². The fourth-order valence-corrected chi connectivity index (χ4v) is 3.39. The molecular weight excluding hydrogens is 250 g/mol. The first kappa shape index (κ1) is 10.7. The van der Waals surface area contributed by atoms with E-state index in [0.29, 0.717) is 0 Å². The monoisotopic (exact) mass is 262 g/mol. The average Bonchev–Trinajstić information content (AvgIpc) is 3.00. The molecule has 0 bridgehead atoms. The molecule has 3 aromatic rings. The van der Waals surface area contributed by atoms with Gasteiger partial charge in [0.1, 0.15) is 0 Å². The van der Waals surface area contributed by atoms with Crippen LogP contribution in [0.25, 0.3) is 21.8 Å². The summed E-state index contributed by atoms with van der Waals surface area (Å²) in [7, 11) is 0. The molecule has 0 atom stereocenters. The fraction of sp³-hybridized carbons (Fsp3) is 0. The van der Waals surface area contributed by atoms with Crippen LogP contribution in [-0.4, -0.2) is 0 Å². The standard InChI is InChI=1S/C17H12NS/c1-2-6-13(7-3-1)10-15-12-19-17-11-14-8-4-5-9-16(14)18(15)17/h1-12H/q-1. The van der Waals surface area contributed by atoms with Gasteiger partial charge in [-0.15, -0.1) is 6.08 Å². The minimum atomic E-state index is 1.24.